The van der Waals surface area contributed by atoms with Gasteiger partial charge in [0.1, 0.15) is 17.3 Å². The Kier molecular flexibility index (Phi) is 4.22. The number of aryl methyl sites for hydroxylation is 2. The smallest absolute Gasteiger partial charge is 0.261 e. The topological polar surface area (TPSA) is 42.7 Å². The molecule has 1 aromatic heterocycles. The van der Waals surface area contributed by atoms with Gasteiger partial charge in [0.05, 0.1) is 6.54 Å². The highest BCUT2D eigenvalue weighted by atomic mass is 16.5. The SMILES string of the molecule is CC1CC1c1ccc(CN(C(=O)COc2ccc3c(c2)CCC3)C2CC2)o1. The Balaban J connectivity index is 1.21. The van der Waals surface area contributed by atoms with Gasteiger partial charge in [0.15, 0.2) is 6.61 Å². The first-order chi connectivity index (χ1) is 13.2. The second kappa shape index (κ2) is 6.74. The lowest BCUT2D eigenvalue weighted by Gasteiger charge is -2.21. The maximum atomic E-state index is 12.8. The van der Waals surface area contributed by atoms with Crippen molar-refractivity contribution in [3.8, 4) is 5.75 Å². The highest BCUT2D eigenvalue weighted by Gasteiger charge is 2.37. The van der Waals surface area contributed by atoms with Crippen molar-refractivity contribution < 1.29 is 13.9 Å². The molecule has 3 aliphatic carbocycles. The monoisotopic (exact) mass is 365 g/mol. The zero-order valence-electron chi connectivity index (χ0n) is 15.9. The number of benzene rings is 1. The normalized spacial score (nSPS) is 23.1. The molecule has 0 radical (unpaired) electrons. The number of hydrogen-bond donors (Lipinski definition) is 0. The molecule has 142 valence electrons. The molecule has 4 nitrogen and oxygen atoms in total. The number of carbonyl (C=O) groups excluding carboxylic acids is 1. The minimum absolute atomic E-state index is 0.0516. The first kappa shape index (κ1) is 16.9. The predicted molar refractivity (Wildman–Crippen MR) is 103 cm³/mol. The van der Waals surface area contributed by atoms with E-state index >= 15 is 0 Å². The minimum Gasteiger partial charge on any atom is -0.484 e. The van der Waals surface area contributed by atoms with Gasteiger partial charge in [-0.15, -0.1) is 0 Å². The van der Waals surface area contributed by atoms with Gasteiger partial charge in [-0.1, -0.05) is 13.0 Å². The van der Waals surface area contributed by atoms with Crippen LogP contribution in [0.25, 0.3) is 0 Å². The van der Waals surface area contributed by atoms with Crippen LogP contribution >= 0.6 is 0 Å². The maximum absolute atomic E-state index is 12.8. The fourth-order valence-electron chi connectivity index (χ4n) is 4.24. The van der Waals surface area contributed by atoms with Gasteiger partial charge in [0, 0.05) is 12.0 Å². The van der Waals surface area contributed by atoms with Crippen LogP contribution in [0.3, 0.4) is 0 Å². The lowest BCUT2D eigenvalue weighted by molar-refractivity contribution is -0.134. The third-order valence-electron chi connectivity index (χ3n) is 6.22. The van der Waals surface area contributed by atoms with E-state index in [1.165, 1.54) is 24.0 Å². The molecular formula is C23H27NO3. The number of hydrogen-bond acceptors (Lipinski definition) is 3. The molecule has 2 atom stereocenters. The number of furan rings is 1. The molecule has 4 heteroatoms. The molecule has 0 spiro atoms. The molecule has 2 saturated carbocycles. The summed E-state index contributed by atoms with van der Waals surface area (Å²) in [6.45, 7) is 2.91. The van der Waals surface area contributed by atoms with Crippen molar-refractivity contribution in [3.05, 3.63) is 53.0 Å². The highest BCUT2D eigenvalue weighted by Crippen LogP contribution is 2.47. The van der Waals surface area contributed by atoms with Crippen molar-refractivity contribution in [1.29, 1.82) is 0 Å². The lowest BCUT2D eigenvalue weighted by Crippen LogP contribution is -2.36. The fraction of sp³-hybridized carbons (Fsp3) is 0.522. The number of nitrogens with zero attached hydrogens (tertiary/aromatic N) is 1. The van der Waals surface area contributed by atoms with Gasteiger partial charge in [0.25, 0.3) is 5.91 Å². The van der Waals surface area contributed by atoms with Crippen molar-refractivity contribution in [1.82, 2.24) is 4.90 Å². The molecule has 1 heterocycles. The van der Waals surface area contributed by atoms with Crippen molar-refractivity contribution in [2.24, 2.45) is 5.92 Å². The van der Waals surface area contributed by atoms with E-state index in [0.717, 1.165) is 48.9 Å². The fourth-order valence-corrected chi connectivity index (χ4v) is 4.24. The van der Waals surface area contributed by atoms with E-state index in [2.05, 4.69) is 25.1 Å². The second-order valence-electron chi connectivity index (χ2n) is 8.45. The van der Waals surface area contributed by atoms with Gasteiger partial charge < -0.3 is 14.1 Å². The molecular weight excluding hydrogens is 338 g/mol. The van der Waals surface area contributed by atoms with Crippen molar-refractivity contribution >= 4 is 5.91 Å². The van der Waals surface area contributed by atoms with Crippen molar-refractivity contribution in [2.75, 3.05) is 6.61 Å². The van der Waals surface area contributed by atoms with Gasteiger partial charge in [-0.25, -0.2) is 0 Å². The first-order valence-electron chi connectivity index (χ1n) is 10.3. The van der Waals surface area contributed by atoms with Gasteiger partial charge >= 0.3 is 0 Å². The average molecular weight is 365 g/mol. The van der Waals surface area contributed by atoms with E-state index < -0.39 is 0 Å². The van der Waals surface area contributed by atoms with Crippen LogP contribution in [0.4, 0.5) is 0 Å². The van der Waals surface area contributed by atoms with E-state index in [1.807, 2.05) is 17.0 Å². The van der Waals surface area contributed by atoms with Crippen LogP contribution in [-0.2, 0) is 24.2 Å². The van der Waals surface area contributed by atoms with Crippen molar-refractivity contribution in [3.63, 3.8) is 0 Å². The average Bonchev–Trinajstić information content (AvgIpc) is 3.54. The zero-order valence-corrected chi connectivity index (χ0v) is 15.9. The maximum Gasteiger partial charge on any atom is 0.261 e. The van der Waals surface area contributed by atoms with E-state index in [1.54, 1.807) is 0 Å². The molecule has 3 aliphatic rings. The van der Waals surface area contributed by atoms with E-state index in [0.29, 0.717) is 18.5 Å². The third kappa shape index (κ3) is 3.62. The second-order valence-corrected chi connectivity index (χ2v) is 8.45. The molecule has 2 unspecified atom stereocenters. The molecule has 27 heavy (non-hydrogen) atoms. The summed E-state index contributed by atoms with van der Waals surface area (Å²) in [5, 5.41) is 0. The molecule has 1 amide bonds. The standard InChI is InChI=1S/C23H27NO3/c1-15-11-21(15)22-10-9-20(27-22)13-24(18-6-7-18)23(25)14-26-19-8-5-16-3-2-4-17(16)12-19/h5,8-10,12,15,18,21H,2-4,6-7,11,13-14H2,1H3. The van der Waals surface area contributed by atoms with Gasteiger partial charge in [-0.3, -0.25) is 4.79 Å². The predicted octanol–water partition coefficient (Wildman–Crippen LogP) is 4.46. The Labute approximate surface area is 160 Å². The molecule has 0 bridgehead atoms. The van der Waals surface area contributed by atoms with Crippen LogP contribution in [0.2, 0.25) is 0 Å². The molecule has 0 aliphatic heterocycles. The summed E-state index contributed by atoms with van der Waals surface area (Å²) in [7, 11) is 0. The van der Waals surface area contributed by atoms with Crippen LogP contribution in [-0.4, -0.2) is 23.5 Å². The summed E-state index contributed by atoms with van der Waals surface area (Å²) in [6, 6.07) is 10.7. The first-order valence-corrected chi connectivity index (χ1v) is 10.3. The van der Waals surface area contributed by atoms with Crippen LogP contribution < -0.4 is 4.74 Å². The summed E-state index contributed by atoms with van der Waals surface area (Å²) in [5.74, 6) is 4.13. The Hall–Kier alpha value is -2.23. The summed E-state index contributed by atoms with van der Waals surface area (Å²) >= 11 is 0. The van der Waals surface area contributed by atoms with Crippen LogP contribution in [0.15, 0.2) is 34.7 Å². The summed E-state index contributed by atoms with van der Waals surface area (Å²) in [5.41, 5.74) is 2.79. The van der Waals surface area contributed by atoms with E-state index in [4.69, 9.17) is 9.15 Å². The van der Waals surface area contributed by atoms with Crippen LogP contribution in [0.5, 0.6) is 5.75 Å². The quantitative estimate of drug-likeness (QED) is 0.727. The zero-order chi connectivity index (χ0) is 18.4. The van der Waals surface area contributed by atoms with Crippen LogP contribution in [0.1, 0.15) is 61.2 Å². The minimum atomic E-state index is 0.0516. The summed E-state index contributed by atoms with van der Waals surface area (Å²) < 4.78 is 11.9. The molecule has 0 N–H and O–H groups in total. The molecule has 0 saturated heterocycles. The van der Waals surface area contributed by atoms with E-state index in [9.17, 15) is 4.79 Å². The van der Waals surface area contributed by atoms with Gasteiger partial charge in [-0.2, -0.15) is 0 Å². The van der Waals surface area contributed by atoms with Gasteiger partial charge in [0.2, 0.25) is 0 Å². The summed E-state index contributed by atoms with van der Waals surface area (Å²) in [6.07, 6.45) is 6.88. The Morgan fingerprint density at radius 2 is 2.00 bits per heavy atom. The third-order valence-corrected chi connectivity index (χ3v) is 6.22. The number of ether oxygens (including phenoxy) is 1. The summed E-state index contributed by atoms with van der Waals surface area (Å²) in [4.78, 5) is 14.7. The Morgan fingerprint density at radius 1 is 1.19 bits per heavy atom. The molecule has 5 rings (SSSR count). The van der Waals surface area contributed by atoms with Crippen LogP contribution in [0, 0.1) is 5.92 Å². The number of amides is 1. The number of carbonyl (C=O) groups is 1. The highest BCUT2D eigenvalue weighted by molar-refractivity contribution is 5.78. The van der Waals surface area contributed by atoms with E-state index in [-0.39, 0.29) is 12.5 Å². The largest absolute Gasteiger partial charge is 0.484 e. The Bertz CT molecular complexity index is 851. The molecule has 1 aromatic carbocycles. The van der Waals surface area contributed by atoms with Gasteiger partial charge in [-0.05, 0) is 79.8 Å². The Morgan fingerprint density at radius 3 is 2.78 bits per heavy atom. The molecule has 2 fully saturated rings. The lowest BCUT2D eigenvalue weighted by atomic mass is 10.1. The number of rotatable bonds is 7. The van der Waals surface area contributed by atoms with Crippen molar-refractivity contribution in [2.45, 2.75) is 64.0 Å². The molecule has 2 aromatic rings. The number of fused-ring (bicyclic) bond motifs is 1.